The van der Waals surface area contributed by atoms with Gasteiger partial charge in [-0.2, -0.15) is 0 Å². The van der Waals surface area contributed by atoms with Gasteiger partial charge in [0.05, 0.1) is 19.1 Å². The molecule has 3 nitrogen and oxygen atoms in total. The van der Waals surface area contributed by atoms with E-state index in [0.717, 1.165) is 11.1 Å². The second-order valence-electron chi connectivity index (χ2n) is 4.99. The predicted octanol–water partition coefficient (Wildman–Crippen LogP) is 3.71. The minimum absolute atomic E-state index is 0.0992. The second kappa shape index (κ2) is 5.00. The van der Waals surface area contributed by atoms with Crippen molar-refractivity contribution in [2.24, 2.45) is 0 Å². The molecule has 0 aromatic heterocycles. The lowest BCUT2D eigenvalue weighted by molar-refractivity contribution is 0.0842. The van der Waals surface area contributed by atoms with E-state index in [9.17, 15) is 4.79 Å². The summed E-state index contributed by atoms with van der Waals surface area (Å²) < 4.78 is 11.4. The van der Waals surface area contributed by atoms with Gasteiger partial charge in [0.1, 0.15) is 6.10 Å². The molecule has 20 heavy (non-hydrogen) atoms. The Bertz CT molecular complexity index is 647. The number of fused-ring (bicyclic) bond motifs is 1. The fraction of sp³-hybridized carbons (Fsp3) is 0.235. The number of ketones is 1. The zero-order valence-electron chi connectivity index (χ0n) is 11.6. The van der Waals surface area contributed by atoms with Crippen LogP contribution in [0.1, 0.15) is 34.0 Å². The van der Waals surface area contributed by atoms with E-state index < -0.39 is 0 Å². The molecule has 1 aliphatic rings. The molecule has 0 unspecified atom stereocenters. The van der Waals surface area contributed by atoms with Gasteiger partial charge in [-0.3, -0.25) is 4.79 Å². The Morgan fingerprint density at radius 1 is 1.20 bits per heavy atom. The number of carbonyl (C=O) groups is 1. The molecule has 0 amide bonds. The Kier molecular flexibility index (Phi) is 3.18. The summed E-state index contributed by atoms with van der Waals surface area (Å²) in [6, 6.07) is 13.6. The molecular formula is C17H16O3. The largest absolute Gasteiger partial charge is 0.493 e. The van der Waals surface area contributed by atoms with E-state index >= 15 is 0 Å². The summed E-state index contributed by atoms with van der Waals surface area (Å²) in [5, 5.41) is 0. The van der Waals surface area contributed by atoms with Crippen LogP contribution in [0, 0.1) is 6.92 Å². The summed E-state index contributed by atoms with van der Waals surface area (Å²) in [4.78, 5) is 12.4. The summed E-state index contributed by atoms with van der Waals surface area (Å²) in [5.74, 6) is 1.28. The van der Waals surface area contributed by atoms with Gasteiger partial charge in [-0.05, 0) is 30.2 Å². The number of benzene rings is 2. The van der Waals surface area contributed by atoms with Crippen LogP contribution in [-0.2, 0) is 0 Å². The highest BCUT2D eigenvalue weighted by molar-refractivity contribution is 6.01. The molecule has 0 N–H and O–H groups in total. The fourth-order valence-electron chi connectivity index (χ4n) is 2.54. The number of aryl methyl sites for hydroxylation is 1. The molecule has 1 aliphatic heterocycles. The molecule has 2 aromatic rings. The Hall–Kier alpha value is -2.29. The highest BCUT2D eigenvalue weighted by atomic mass is 16.5. The van der Waals surface area contributed by atoms with Gasteiger partial charge < -0.3 is 9.47 Å². The van der Waals surface area contributed by atoms with Gasteiger partial charge in [0.15, 0.2) is 17.3 Å². The quantitative estimate of drug-likeness (QED) is 0.833. The van der Waals surface area contributed by atoms with E-state index in [4.69, 9.17) is 9.47 Å². The van der Waals surface area contributed by atoms with Gasteiger partial charge in [-0.1, -0.05) is 30.3 Å². The molecule has 3 heteroatoms. The summed E-state index contributed by atoms with van der Waals surface area (Å²) in [6.07, 6.45) is 0.122. The van der Waals surface area contributed by atoms with Crippen molar-refractivity contribution in [3.8, 4) is 11.5 Å². The molecule has 102 valence electrons. The van der Waals surface area contributed by atoms with Crippen molar-refractivity contribution in [3.63, 3.8) is 0 Å². The Labute approximate surface area is 118 Å². The standard InChI is InChI=1S/C17H16O3/c1-11-8-13-14(18)10-15(12-6-4-3-5-7-12)20-17(13)16(9-11)19-2/h3-9,15H,10H2,1-2H3/t15-/m0/s1. The minimum Gasteiger partial charge on any atom is -0.493 e. The zero-order chi connectivity index (χ0) is 14.1. The van der Waals surface area contributed by atoms with Crippen LogP contribution in [0.2, 0.25) is 0 Å². The van der Waals surface area contributed by atoms with Gasteiger partial charge in [0.2, 0.25) is 0 Å². The van der Waals surface area contributed by atoms with Crippen LogP contribution in [0.15, 0.2) is 42.5 Å². The predicted molar refractivity (Wildman–Crippen MR) is 76.5 cm³/mol. The molecule has 0 bridgehead atoms. The molecule has 0 aliphatic carbocycles. The number of carbonyl (C=O) groups excluding carboxylic acids is 1. The van der Waals surface area contributed by atoms with Crippen LogP contribution < -0.4 is 9.47 Å². The van der Waals surface area contributed by atoms with Gasteiger partial charge in [-0.15, -0.1) is 0 Å². The molecule has 0 spiro atoms. The van der Waals surface area contributed by atoms with Crippen molar-refractivity contribution >= 4 is 5.78 Å². The first-order valence-electron chi connectivity index (χ1n) is 6.62. The van der Waals surface area contributed by atoms with Crippen molar-refractivity contribution in [1.29, 1.82) is 0 Å². The number of hydrogen-bond acceptors (Lipinski definition) is 3. The first-order valence-corrected chi connectivity index (χ1v) is 6.62. The van der Waals surface area contributed by atoms with E-state index in [-0.39, 0.29) is 11.9 Å². The molecule has 1 atom stereocenters. The number of methoxy groups -OCH3 is 1. The van der Waals surface area contributed by atoms with Crippen LogP contribution in [0.5, 0.6) is 11.5 Å². The van der Waals surface area contributed by atoms with Gasteiger partial charge in [-0.25, -0.2) is 0 Å². The third kappa shape index (κ3) is 2.16. The third-order valence-electron chi connectivity index (χ3n) is 3.52. The van der Waals surface area contributed by atoms with Crippen molar-refractivity contribution in [2.75, 3.05) is 7.11 Å². The number of Topliss-reactive ketones (excluding diaryl/α,β-unsaturated/α-hetero) is 1. The van der Waals surface area contributed by atoms with Crippen molar-refractivity contribution in [1.82, 2.24) is 0 Å². The number of ether oxygens (including phenoxy) is 2. The maximum absolute atomic E-state index is 12.4. The van der Waals surface area contributed by atoms with Crippen LogP contribution in [0.25, 0.3) is 0 Å². The van der Waals surface area contributed by atoms with Crippen LogP contribution >= 0.6 is 0 Å². The van der Waals surface area contributed by atoms with E-state index in [1.165, 1.54) is 0 Å². The monoisotopic (exact) mass is 268 g/mol. The zero-order valence-corrected chi connectivity index (χ0v) is 11.6. The Morgan fingerprint density at radius 3 is 2.65 bits per heavy atom. The molecule has 0 fully saturated rings. The van der Waals surface area contributed by atoms with Crippen LogP contribution in [0.3, 0.4) is 0 Å². The van der Waals surface area contributed by atoms with Crippen molar-refractivity contribution in [3.05, 3.63) is 59.2 Å². The van der Waals surface area contributed by atoms with Crippen LogP contribution in [0.4, 0.5) is 0 Å². The highest BCUT2D eigenvalue weighted by Gasteiger charge is 2.30. The van der Waals surface area contributed by atoms with Gasteiger partial charge in [0, 0.05) is 0 Å². The molecule has 1 heterocycles. The van der Waals surface area contributed by atoms with Crippen molar-refractivity contribution < 1.29 is 14.3 Å². The summed E-state index contributed by atoms with van der Waals surface area (Å²) >= 11 is 0. The molecular weight excluding hydrogens is 252 g/mol. The Morgan fingerprint density at radius 2 is 1.95 bits per heavy atom. The number of rotatable bonds is 2. The van der Waals surface area contributed by atoms with Crippen molar-refractivity contribution in [2.45, 2.75) is 19.4 Å². The van der Waals surface area contributed by atoms with E-state index in [0.29, 0.717) is 23.5 Å². The lowest BCUT2D eigenvalue weighted by atomic mass is 9.95. The Balaban J connectivity index is 2.04. The second-order valence-corrected chi connectivity index (χ2v) is 4.99. The molecule has 0 radical (unpaired) electrons. The average Bonchev–Trinajstić information content (AvgIpc) is 2.48. The van der Waals surface area contributed by atoms with Gasteiger partial charge in [0.25, 0.3) is 0 Å². The summed E-state index contributed by atoms with van der Waals surface area (Å²) in [6.45, 7) is 1.94. The minimum atomic E-state index is -0.243. The summed E-state index contributed by atoms with van der Waals surface area (Å²) in [5.41, 5.74) is 2.62. The summed E-state index contributed by atoms with van der Waals surface area (Å²) in [7, 11) is 1.59. The van der Waals surface area contributed by atoms with E-state index in [1.807, 2.05) is 49.4 Å². The molecule has 3 rings (SSSR count). The highest BCUT2D eigenvalue weighted by Crippen LogP contribution is 2.41. The maximum Gasteiger partial charge on any atom is 0.172 e. The number of hydrogen-bond donors (Lipinski definition) is 0. The molecule has 0 saturated heterocycles. The smallest absolute Gasteiger partial charge is 0.172 e. The molecule has 0 saturated carbocycles. The van der Waals surface area contributed by atoms with E-state index in [2.05, 4.69) is 0 Å². The maximum atomic E-state index is 12.4. The normalized spacial score (nSPS) is 17.3. The topological polar surface area (TPSA) is 35.5 Å². The first kappa shape index (κ1) is 12.7. The lowest BCUT2D eigenvalue weighted by Crippen LogP contribution is -2.21. The van der Waals surface area contributed by atoms with Gasteiger partial charge >= 0.3 is 0 Å². The fourth-order valence-corrected chi connectivity index (χ4v) is 2.54. The van der Waals surface area contributed by atoms with E-state index in [1.54, 1.807) is 7.11 Å². The SMILES string of the molecule is COc1cc(C)cc2c1O[C@H](c1ccccc1)CC2=O. The van der Waals surface area contributed by atoms with Crippen LogP contribution in [-0.4, -0.2) is 12.9 Å². The first-order chi connectivity index (χ1) is 9.69. The lowest BCUT2D eigenvalue weighted by Gasteiger charge is -2.27. The third-order valence-corrected chi connectivity index (χ3v) is 3.52. The average molecular weight is 268 g/mol. The molecule has 2 aromatic carbocycles.